The Morgan fingerprint density at radius 2 is 2.18 bits per heavy atom. The molecule has 0 aromatic heterocycles. The van der Waals surface area contributed by atoms with Crippen molar-refractivity contribution in [2.75, 3.05) is 25.1 Å². The Hall–Kier alpha value is -2.64. The van der Waals surface area contributed by atoms with Gasteiger partial charge in [0.05, 0.1) is 18.0 Å². The van der Waals surface area contributed by atoms with Gasteiger partial charge in [-0.05, 0) is 25.0 Å². The molecule has 1 unspecified atom stereocenters. The summed E-state index contributed by atoms with van der Waals surface area (Å²) in [6.45, 7) is 1.13. The van der Waals surface area contributed by atoms with Crippen molar-refractivity contribution in [3.8, 4) is 0 Å². The number of anilines is 1. The number of ether oxygens (including phenoxy) is 1. The third-order valence-corrected chi connectivity index (χ3v) is 3.77. The molecule has 118 valence electrons. The standard InChI is InChI=1S/C14H17N3O5/c1-22-14(19)11-7-10(4-5-12(11)17(20)21)16-6-2-3-9(8-16)13(15)18/h4-5,7,9H,2-3,6,8H2,1H3,(H2,15,18). The summed E-state index contributed by atoms with van der Waals surface area (Å²) in [6.07, 6.45) is 1.51. The molecule has 1 heterocycles. The van der Waals surface area contributed by atoms with E-state index in [1.165, 1.54) is 19.2 Å². The highest BCUT2D eigenvalue weighted by Gasteiger charge is 2.27. The Morgan fingerprint density at radius 1 is 1.45 bits per heavy atom. The molecule has 1 amide bonds. The second-order valence-electron chi connectivity index (χ2n) is 5.14. The molecular weight excluding hydrogens is 290 g/mol. The van der Waals surface area contributed by atoms with E-state index in [1.54, 1.807) is 6.07 Å². The third-order valence-electron chi connectivity index (χ3n) is 3.77. The van der Waals surface area contributed by atoms with Crippen molar-refractivity contribution in [2.24, 2.45) is 11.7 Å². The SMILES string of the molecule is COC(=O)c1cc(N2CCCC(C(N)=O)C2)ccc1[N+](=O)[O-]. The van der Waals surface area contributed by atoms with Crippen molar-refractivity contribution in [2.45, 2.75) is 12.8 Å². The highest BCUT2D eigenvalue weighted by Crippen LogP contribution is 2.28. The lowest BCUT2D eigenvalue weighted by atomic mass is 9.96. The molecule has 8 heteroatoms. The molecule has 0 bridgehead atoms. The zero-order valence-electron chi connectivity index (χ0n) is 12.2. The highest BCUT2D eigenvalue weighted by atomic mass is 16.6. The number of esters is 1. The Kier molecular flexibility index (Phi) is 4.59. The normalized spacial score (nSPS) is 17.9. The maximum atomic E-state index is 11.7. The van der Waals surface area contributed by atoms with Crippen molar-refractivity contribution < 1.29 is 19.2 Å². The molecule has 1 fully saturated rings. The quantitative estimate of drug-likeness (QED) is 0.505. The van der Waals surface area contributed by atoms with Crippen LogP contribution >= 0.6 is 0 Å². The lowest BCUT2D eigenvalue weighted by Crippen LogP contribution is -2.41. The molecule has 2 N–H and O–H groups in total. The number of nitro groups is 1. The topological polar surface area (TPSA) is 116 Å². The van der Waals surface area contributed by atoms with Crippen LogP contribution in [0.5, 0.6) is 0 Å². The number of nitro benzene ring substituents is 1. The predicted molar refractivity (Wildman–Crippen MR) is 78.6 cm³/mol. The molecule has 1 aromatic carbocycles. The second kappa shape index (κ2) is 6.42. The first kappa shape index (κ1) is 15.7. The van der Waals surface area contributed by atoms with E-state index >= 15 is 0 Å². The molecule has 0 saturated carbocycles. The van der Waals surface area contributed by atoms with E-state index in [2.05, 4.69) is 4.74 Å². The number of piperidine rings is 1. The average molecular weight is 307 g/mol. The third kappa shape index (κ3) is 3.16. The fourth-order valence-corrected chi connectivity index (χ4v) is 2.60. The molecule has 8 nitrogen and oxygen atoms in total. The van der Waals surface area contributed by atoms with Gasteiger partial charge < -0.3 is 15.4 Å². The summed E-state index contributed by atoms with van der Waals surface area (Å²) < 4.78 is 4.59. The van der Waals surface area contributed by atoms with Gasteiger partial charge in [0.1, 0.15) is 5.56 Å². The van der Waals surface area contributed by atoms with Gasteiger partial charge in [0.15, 0.2) is 0 Å². The zero-order chi connectivity index (χ0) is 16.3. The maximum absolute atomic E-state index is 11.7. The molecule has 2 rings (SSSR count). The van der Waals surface area contributed by atoms with Gasteiger partial charge in [-0.15, -0.1) is 0 Å². The Labute approximate surface area is 127 Å². The fourth-order valence-electron chi connectivity index (χ4n) is 2.60. The number of nitrogens with two attached hydrogens (primary N) is 1. The highest BCUT2D eigenvalue weighted by molar-refractivity contribution is 5.95. The summed E-state index contributed by atoms with van der Waals surface area (Å²) in [5.41, 5.74) is 5.57. The zero-order valence-corrected chi connectivity index (χ0v) is 12.2. The molecule has 22 heavy (non-hydrogen) atoms. The molecule has 0 spiro atoms. The first-order valence-electron chi connectivity index (χ1n) is 6.85. The van der Waals surface area contributed by atoms with E-state index in [-0.39, 0.29) is 23.1 Å². The number of primary amides is 1. The van der Waals surface area contributed by atoms with E-state index in [0.29, 0.717) is 18.8 Å². The van der Waals surface area contributed by atoms with Crippen molar-refractivity contribution in [1.29, 1.82) is 0 Å². The van der Waals surface area contributed by atoms with Gasteiger partial charge in [-0.25, -0.2) is 4.79 Å². The van der Waals surface area contributed by atoms with Crippen LogP contribution in [0.4, 0.5) is 11.4 Å². The smallest absolute Gasteiger partial charge is 0.344 e. The van der Waals surface area contributed by atoms with E-state index in [4.69, 9.17) is 5.73 Å². The number of methoxy groups -OCH3 is 1. The van der Waals surface area contributed by atoms with Gasteiger partial charge in [-0.3, -0.25) is 14.9 Å². The van der Waals surface area contributed by atoms with Gasteiger partial charge >= 0.3 is 5.97 Å². The van der Waals surface area contributed by atoms with Gasteiger partial charge in [-0.1, -0.05) is 0 Å². The molecule has 1 atom stereocenters. The number of rotatable bonds is 4. The Balaban J connectivity index is 2.34. The van der Waals surface area contributed by atoms with Crippen LogP contribution in [-0.4, -0.2) is 37.0 Å². The number of benzene rings is 1. The molecule has 1 aliphatic rings. The minimum Gasteiger partial charge on any atom is -0.465 e. The van der Waals surface area contributed by atoms with Gasteiger partial charge in [0.25, 0.3) is 5.69 Å². The largest absolute Gasteiger partial charge is 0.465 e. The Morgan fingerprint density at radius 3 is 2.77 bits per heavy atom. The van der Waals surface area contributed by atoms with E-state index in [0.717, 1.165) is 12.8 Å². The van der Waals surface area contributed by atoms with Crippen molar-refractivity contribution in [1.82, 2.24) is 0 Å². The van der Waals surface area contributed by atoms with E-state index < -0.39 is 10.9 Å². The average Bonchev–Trinajstić information content (AvgIpc) is 2.53. The first-order valence-corrected chi connectivity index (χ1v) is 6.85. The number of carbonyl (C=O) groups is 2. The number of amides is 1. The van der Waals surface area contributed by atoms with Crippen molar-refractivity contribution in [3.05, 3.63) is 33.9 Å². The van der Waals surface area contributed by atoms with Gasteiger partial charge in [0.2, 0.25) is 5.91 Å². The molecular formula is C14H17N3O5. The van der Waals surface area contributed by atoms with Gasteiger partial charge in [0, 0.05) is 24.8 Å². The van der Waals surface area contributed by atoms with Gasteiger partial charge in [-0.2, -0.15) is 0 Å². The second-order valence-corrected chi connectivity index (χ2v) is 5.14. The fraction of sp³-hybridized carbons (Fsp3) is 0.429. The van der Waals surface area contributed by atoms with Crippen LogP contribution in [0.15, 0.2) is 18.2 Å². The lowest BCUT2D eigenvalue weighted by molar-refractivity contribution is -0.385. The molecule has 0 radical (unpaired) electrons. The lowest BCUT2D eigenvalue weighted by Gasteiger charge is -2.33. The number of hydrogen-bond donors (Lipinski definition) is 1. The van der Waals surface area contributed by atoms with Crippen LogP contribution in [0.3, 0.4) is 0 Å². The van der Waals surface area contributed by atoms with E-state index in [1.807, 2.05) is 4.90 Å². The van der Waals surface area contributed by atoms with Crippen molar-refractivity contribution >= 4 is 23.3 Å². The Bertz CT molecular complexity index is 616. The summed E-state index contributed by atoms with van der Waals surface area (Å²) >= 11 is 0. The van der Waals surface area contributed by atoms with Crippen LogP contribution in [-0.2, 0) is 9.53 Å². The predicted octanol–water partition coefficient (Wildman–Crippen LogP) is 1.08. The molecule has 0 aliphatic carbocycles. The summed E-state index contributed by atoms with van der Waals surface area (Å²) in [6, 6.07) is 4.26. The van der Waals surface area contributed by atoms with Crippen LogP contribution in [0.25, 0.3) is 0 Å². The van der Waals surface area contributed by atoms with Crippen LogP contribution in [0.1, 0.15) is 23.2 Å². The van der Waals surface area contributed by atoms with Crippen molar-refractivity contribution in [3.63, 3.8) is 0 Å². The number of hydrogen-bond acceptors (Lipinski definition) is 6. The van der Waals surface area contributed by atoms with E-state index in [9.17, 15) is 19.7 Å². The first-order chi connectivity index (χ1) is 10.4. The summed E-state index contributed by atoms with van der Waals surface area (Å²) in [5, 5.41) is 11.0. The maximum Gasteiger partial charge on any atom is 0.344 e. The number of nitrogens with zero attached hydrogens (tertiary/aromatic N) is 2. The van der Waals surface area contributed by atoms with Crippen LogP contribution in [0, 0.1) is 16.0 Å². The monoisotopic (exact) mass is 307 g/mol. The molecule has 1 aromatic rings. The summed E-state index contributed by atoms with van der Waals surface area (Å²) in [5.74, 6) is -1.39. The minimum absolute atomic E-state index is 0.105. The molecule has 1 aliphatic heterocycles. The molecule has 1 saturated heterocycles. The van der Waals surface area contributed by atoms with Crippen LogP contribution in [0.2, 0.25) is 0 Å². The number of carbonyl (C=O) groups excluding carboxylic acids is 2. The van der Waals surface area contributed by atoms with Crippen LogP contribution < -0.4 is 10.6 Å². The minimum atomic E-state index is -0.767. The summed E-state index contributed by atoms with van der Waals surface area (Å²) in [4.78, 5) is 35.3. The summed E-state index contributed by atoms with van der Waals surface area (Å²) in [7, 11) is 1.17.